The quantitative estimate of drug-likeness (QED) is 0.474. The Hall–Kier alpha value is -2.77. The standard InChI is InChI=1S/C17H18N4O4/c22-17(14-9-15(14)21(23)24)25-12-5-7-20(8-6-12)16-13-4-2-1-3-11(13)10-18-19-16/h1-4,10,12,14-15H,5-9H2/t14-,15+/m1/s1. The van der Waals surface area contributed by atoms with E-state index in [2.05, 4.69) is 15.1 Å². The molecule has 2 fully saturated rings. The van der Waals surface area contributed by atoms with Crippen molar-refractivity contribution in [2.45, 2.75) is 31.4 Å². The van der Waals surface area contributed by atoms with Gasteiger partial charge < -0.3 is 9.64 Å². The molecule has 2 heterocycles. The molecule has 8 heteroatoms. The zero-order valence-corrected chi connectivity index (χ0v) is 13.6. The third-order valence-electron chi connectivity index (χ3n) is 4.91. The summed E-state index contributed by atoms with van der Waals surface area (Å²) in [6, 6.07) is 7.22. The molecule has 25 heavy (non-hydrogen) atoms. The van der Waals surface area contributed by atoms with Gasteiger partial charge >= 0.3 is 5.97 Å². The fourth-order valence-electron chi connectivity index (χ4n) is 3.35. The summed E-state index contributed by atoms with van der Waals surface area (Å²) in [5.74, 6) is -0.138. The number of rotatable bonds is 4. The van der Waals surface area contributed by atoms with E-state index in [4.69, 9.17) is 4.74 Å². The molecule has 0 bridgehead atoms. The zero-order chi connectivity index (χ0) is 17.4. The number of fused-ring (bicyclic) bond motifs is 1. The Bertz CT molecular complexity index is 814. The van der Waals surface area contributed by atoms with Crippen molar-refractivity contribution < 1.29 is 14.5 Å². The van der Waals surface area contributed by atoms with Crippen LogP contribution in [0.25, 0.3) is 10.8 Å². The number of anilines is 1. The van der Waals surface area contributed by atoms with Gasteiger partial charge in [-0.05, 0) is 0 Å². The van der Waals surface area contributed by atoms with Crippen molar-refractivity contribution >= 4 is 22.6 Å². The second-order valence-corrected chi connectivity index (χ2v) is 6.57. The number of benzene rings is 1. The van der Waals surface area contributed by atoms with Gasteiger partial charge in [0.05, 0.1) is 6.20 Å². The smallest absolute Gasteiger partial charge is 0.316 e. The summed E-state index contributed by atoms with van der Waals surface area (Å²) in [5, 5.41) is 21.1. The number of esters is 1. The number of hydrogen-bond donors (Lipinski definition) is 0. The highest BCUT2D eigenvalue weighted by molar-refractivity contribution is 5.91. The van der Waals surface area contributed by atoms with E-state index in [0.29, 0.717) is 32.4 Å². The van der Waals surface area contributed by atoms with Crippen LogP contribution in [0.2, 0.25) is 0 Å². The fourth-order valence-corrected chi connectivity index (χ4v) is 3.35. The first-order valence-electron chi connectivity index (χ1n) is 8.43. The molecule has 1 aromatic heterocycles. The van der Waals surface area contributed by atoms with Crippen molar-refractivity contribution in [2.24, 2.45) is 5.92 Å². The molecule has 1 saturated carbocycles. The maximum Gasteiger partial charge on any atom is 0.316 e. The van der Waals surface area contributed by atoms with Crippen LogP contribution in [0, 0.1) is 16.0 Å². The van der Waals surface area contributed by atoms with E-state index < -0.39 is 22.9 Å². The van der Waals surface area contributed by atoms with E-state index in [1.54, 1.807) is 6.20 Å². The Labute approximate surface area is 143 Å². The molecule has 1 aliphatic heterocycles. The molecule has 0 spiro atoms. The van der Waals surface area contributed by atoms with Gasteiger partial charge in [-0.2, -0.15) is 5.10 Å². The first-order valence-corrected chi connectivity index (χ1v) is 8.43. The van der Waals surface area contributed by atoms with E-state index in [-0.39, 0.29) is 6.10 Å². The molecule has 0 N–H and O–H groups in total. The molecule has 2 atom stereocenters. The van der Waals surface area contributed by atoms with Gasteiger partial charge in [-0.3, -0.25) is 14.9 Å². The lowest BCUT2D eigenvalue weighted by molar-refractivity contribution is -0.497. The molecular weight excluding hydrogens is 324 g/mol. The molecule has 0 amide bonds. The summed E-state index contributed by atoms with van der Waals surface area (Å²) < 4.78 is 5.46. The van der Waals surface area contributed by atoms with E-state index in [0.717, 1.165) is 16.6 Å². The van der Waals surface area contributed by atoms with E-state index >= 15 is 0 Å². The van der Waals surface area contributed by atoms with Gasteiger partial charge in [-0.25, -0.2) is 0 Å². The number of hydrogen-bond acceptors (Lipinski definition) is 7. The summed E-state index contributed by atoms with van der Waals surface area (Å²) in [6.45, 7) is 1.42. The molecule has 130 valence electrons. The number of ether oxygens (including phenoxy) is 1. The molecule has 1 saturated heterocycles. The molecule has 1 aromatic carbocycles. The van der Waals surface area contributed by atoms with Crippen LogP contribution < -0.4 is 4.90 Å². The molecule has 0 radical (unpaired) electrons. The van der Waals surface area contributed by atoms with Crippen molar-refractivity contribution in [1.29, 1.82) is 0 Å². The maximum atomic E-state index is 12.0. The third kappa shape index (κ3) is 3.11. The molecular formula is C17H18N4O4. The highest BCUT2D eigenvalue weighted by Gasteiger charge is 2.55. The van der Waals surface area contributed by atoms with Gasteiger partial charge in [0.2, 0.25) is 6.04 Å². The van der Waals surface area contributed by atoms with Gasteiger partial charge in [0.1, 0.15) is 12.0 Å². The minimum atomic E-state index is -0.751. The van der Waals surface area contributed by atoms with Crippen LogP contribution in [-0.4, -0.2) is 46.3 Å². The van der Waals surface area contributed by atoms with Crippen molar-refractivity contribution in [3.8, 4) is 0 Å². The predicted octanol–water partition coefficient (Wildman–Crippen LogP) is 1.81. The van der Waals surface area contributed by atoms with Crippen LogP contribution in [0.15, 0.2) is 30.5 Å². The second-order valence-electron chi connectivity index (χ2n) is 6.57. The largest absolute Gasteiger partial charge is 0.462 e. The number of aromatic nitrogens is 2. The number of nitro groups is 1. The fraction of sp³-hybridized carbons (Fsp3) is 0.471. The lowest BCUT2D eigenvalue weighted by atomic mass is 10.1. The first-order chi connectivity index (χ1) is 12.1. The number of nitrogens with zero attached hydrogens (tertiary/aromatic N) is 4. The normalized spacial score (nSPS) is 23.4. The molecule has 0 unspecified atom stereocenters. The SMILES string of the molecule is O=C(OC1CCN(c2nncc3ccccc23)CC1)[C@@H]1C[C@@H]1[N+](=O)[O-]. The molecule has 1 aliphatic carbocycles. The van der Waals surface area contributed by atoms with Crippen LogP contribution in [0.3, 0.4) is 0 Å². The van der Waals surface area contributed by atoms with Gasteiger partial charge in [0.25, 0.3) is 0 Å². The Morgan fingerprint density at radius 1 is 1.28 bits per heavy atom. The lowest BCUT2D eigenvalue weighted by Gasteiger charge is -2.32. The Balaban J connectivity index is 1.37. The average molecular weight is 342 g/mol. The average Bonchev–Trinajstić information content (AvgIpc) is 3.43. The highest BCUT2D eigenvalue weighted by Crippen LogP contribution is 2.35. The van der Waals surface area contributed by atoms with Crippen LogP contribution in [0.4, 0.5) is 5.82 Å². The van der Waals surface area contributed by atoms with Crippen LogP contribution in [0.1, 0.15) is 19.3 Å². The van der Waals surface area contributed by atoms with E-state index in [9.17, 15) is 14.9 Å². The molecule has 2 aliphatic rings. The van der Waals surface area contributed by atoms with E-state index in [1.807, 2.05) is 24.3 Å². The van der Waals surface area contributed by atoms with Crippen LogP contribution >= 0.6 is 0 Å². The van der Waals surface area contributed by atoms with Gasteiger partial charge in [-0.1, -0.05) is 24.3 Å². The van der Waals surface area contributed by atoms with Gasteiger partial charge in [-0.15, -0.1) is 5.10 Å². The van der Waals surface area contributed by atoms with Crippen molar-refractivity contribution in [3.05, 3.63) is 40.6 Å². The van der Waals surface area contributed by atoms with E-state index in [1.165, 1.54) is 0 Å². The topological polar surface area (TPSA) is 98.5 Å². The van der Waals surface area contributed by atoms with Gasteiger partial charge in [0, 0.05) is 48.0 Å². The van der Waals surface area contributed by atoms with Gasteiger partial charge in [0.15, 0.2) is 5.82 Å². The van der Waals surface area contributed by atoms with Crippen molar-refractivity contribution in [2.75, 3.05) is 18.0 Å². The summed E-state index contributed by atoms with van der Waals surface area (Å²) in [5.41, 5.74) is 0. The third-order valence-corrected chi connectivity index (χ3v) is 4.91. The maximum absolute atomic E-state index is 12.0. The Morgan fingerprint density at radius 2 is 2.04 bits per heavy atom. The monoisotopic (exact) mass is 342 g/mol. The molecule has 2 aromatic rings. The van der Waals surface area contributed by atoms with Crippen molar-refractivity contribution in [3.63, 3.8) is 0 Å². The minimum absolute atomic E-state index is 0.181. The zero-order valence-electron chi connectivity index (χ0n) is 13.6. The first kappa shape index (κ1) is 15.7. The number of piperidine rings is 1. The van der Waals surface area contributed by atoms with Crippen molar-refractivity contribution in [1.82, 2.24) is 10.2 Å². The number of carbonyl (C=O) groups excluding carboxylic acids is 1. The van der Waals surface area contributed by atoms with Crippen LogP contribution in [0.5, 0.6) is 0 Å². The summed E-state index contributed by atoms with van der Waals surface area (Å²) >= 11 is 0. The molecule has 8 nitrogen and oxygen atoms in total. The predicted molar refractivity (Wildman–Crippen MR) is 89.8 cm³/mol. The minimum Gasteiger partial charge on any atom is -0.462 e. The highest BCUT2D eigenvalue weighted by atomic mass is 16.6. The lowest BCUT2D eigenvalue weighted by Crippen LogP contribution is -2.38. The number of carbonyl (C=O) groups is 1. The summed E-state index contributed by atoms with van der Waals surface area (Å²) in [4.78, 5) is 24.4. The molecule has 4 rings (SSSR count). The summed E-state index contributed by atoms with van der Waals surface area (Å²) in [7, 11) is 0. The Morgan fingerprint density at radius 3 is 2.76 bits per heavy atom. The summed E-state index contributed by atoms with van der Waals surface area (Å²) in [6.07, 6.45) is 3.24. The second kappa shape index (κ2) is 6.27. The van der Waals surface area contributed by atoms with Crippen LogP contribution in [-0.2, 0) is 9.53 Å². The Kier molecular flexibility index (Phi) is 3.95.